The molecule has 0 amide bonds. The largest absolute Gasteiger partial charge is 0.393 e. The number of aliphatic hydroxyl groups is 1. The minimum absolute atomic E-state index is 0.214. The van der Waals surface area contributed by atoms with Gasteiger partial charge < -0.3 is 9.84 Å². The zero-order chi connectivity index (χ0) is 10.2. The molecule has 0 aliphatic rings. The summed E-state index contributed by atoms with van der Waals surface area (Å²) in [5.41, 5.74) is 0. The van der Waals surface area contributed by atoms with Crippen LogP contribution in [0.2, 0.25) is 0 Å². The summed E-state index contributed by atoms with van der Waals surface area (Å²) in [6.07, 6.45) is 2.34. The van der Waals surface area contributed by atoms with Gasteiger partial charge in [-0.3, -0.25) is 0 Å². The monoisotopic (exact) mass is 214 g/mol. The van der Waals surface area contributed by atoms with Crippen LogP contribution in [0.3, 0.4) is 0 Å². The van der Waals surface area contributed by atoms with Gasteiger partial charge in [0.05, 0.1) is 6.10 Å². The van der Waals surface area contributed by atoms with Gasteiger partial charge in [0.15, 0.2) is 0 Å². The molecule has 3 heteroatoms. The molecule has 0 radical (unpaired) electrons. The van der Waals surface area contributed by atoms with Crippen molar-refractivity contribution in [1.29, 1.82) is 0 Å². The van der Waals surface area contributed by atoms with Crippen molar-refractivity contribution in [3.05, 3.63) is 22.4 Å². The number of aliphatic hydroxyl groups excluding tert-OH is 1. The Kier molecular flexibility index (Phi) is 5.83. The number of ether oxygens (including phenoxy) is 1. The maximum absolute atomic E-state index is 9.67. The fraction of sp³-hybridized carbons (Fsp3) is 0.636. The van der Waals surface area contributed by atoms with Crippen LogP contribution >= 0.6 is 11.3 Å². The number of rotatable bonds is 7. The van der Waals surface area contributed by atoms with E-state index in [1.165, 1.54) is 4.88 Å². The molecule has 1 atom stereocenters. The second-order valence-corrected chi connectivity index (χ2v) is 4.31. The second-order valence-electron chi connectivity index (χ2n) is 3.28. The van der Waals surface area contributed by atoms with Crippen LogP contribution in [-0.2, 0) is 11.2 Å². The van der Waals surface area contributed by atoms with Crippen molar-refractivity contribution in [2.24, 2.45) is 0 Å². The molecule has 80 valence electrons. The molecule has 1 rings (SSSR count). The first kappa shape index (κ1) is 11.7. The quantitative estimate of drug-likeness (QED) is 0.707. The molecule has 0 aliphatic carbocycles. The van der Waals surface area contributed by atoms with Gasteiger partial charge in [-0.25, -0.2) is 0 Å². The van der Waals surface area contributed by atoms with Crippen molar-refractivity contribution in [3.63, 3.8) is 0 Å². The Morgan fingerprint density at radius 1 is 1.57 bits per heavy atom. The number of hydrogen-bond donors (Lipinski definition) is 1. The van der Waals surface area contributed by atoms with Crippen LogP contribution in [0.25, 0.3) is 0 Å². The normalized spacial score (nSPS) is 13.0. The first-order chi connectivity index (χ1) is 6.83. The third-order valence-corrected chi connectivity index (χ3v) is 2.95. The highest BCUT2D eigenvalue weighted by Crippen LogP contribution is 2.13. The molecule has 1 aromatic rings. The maximum Gasteiger partial charge on any atom is 0.0589 e. The van der Waals surface area contributed by atoms with Gasteiger partial charge in [0.25, 0.3) is 0 Å². The Hall–Kier alpha value is -0.380. The molecule has 0 aliphatic heterocycles. The van der Waals surface area contributed by atoms with Crippen molar-refractivity contribution < 1.29 is 9.84 Å². The van der Waals surface area contributed by atoms with Gasteiger partial charge in [-0.2, -0.15) is 0 Å². The summed E-state index contributed by atoms with van der Waals surface area (Å²) in [7, 11) is 0. The average molecular weight is 214 g/mol. The van der Waals surface area contributed by atoms with E-state index < -0.39 is 0 Å². The highest BCUT2D eigenvalue weighted by molar-refractivity contribution is 7.09. The lowest BCUT2D eigenvalue weighted by Gasteiger charge is -2.08. The topological polar surface area (TPSA) is 29.5 Å². The van der Waals surface area contributed by atoms with Crippen LogP contribution in [0.4, 0.5) is 0 Å². The molecule has 14 heavy (non-hydrogen) atoms. The highest BCUT2D eigenvalue weighted by atomic mass is 32.1. The summed E-state index contributed by atoms with van der Waals surface area (Å²) >= 11 is 1.70. The van der Waals surface area contributed by atoms with E-state index in [1.807, 2.05) is 18.4 Å². The van der Waals surface area contributed by atoms with Crippen LogP contribution in [-0.4, -0.2) is 24.4 Å². The van der Waals surface area contributed by atoms with Gasteiger partial charge in [0.1, 0.15) is 0 Å². The summed E-state index contributed by atoms with van der Waals surface area (Å²) < 4.78 is 5.21. The van der Waals surface area contributed by atoms with Crippen LogP contribution in [0, 0.1) is 0 Å². The number of hydrogen-bond acceptors (Lipinski definition) is 3. The van der Waals surface area contributed by atoms with Crippen molar-refractivity contribution in [2.45, 2.75) is 32.3 Å². The minimum atomic E-state index is -0.214. The molecular formula is C11H18O2S. The zero-order valence-electron chi connectivity index (χ0n) is 8.61. The molecule has 1 unspecified atom stereocenters. The lowest BCUT2D eigenvalue weighted by atomic mass is 10.1. The standard InChI is InChI=1S/C11H18O2S/c1-2-13-7-3-5-10(12)9-11-6-4-8-14-11/h4,6,8,10,12H,2-3,5,7,9H2,1H3. The van der Waals surface area contributed by atoms with Crippen molar-refractivity contribution in [3.8, 4) is 0 Å². The number of thiophene rings is 1. The van der Waals surface area contributed by atoms with E-state index in [-0.39, 0.29) is 6.10 Å². The van der Waals surface area contributed by atoms with E-state index >= 15 is 0 Å². The molecule has 0 aromatic carbocycles. The Labute approximate surface area is 89.5 Å². The van der Waals surface area contributed by atoms with Crippen LogP contribution < -0.4 is 0 Å². The van der Waals surface area contributed by atoms with Crippen LogP contribution in [0.1, 0.15) is 24.6 Å². The third kappa shape index (κ3) is 4.74. The highest BCUT2D eigenvalue weighted by Gasteiger charge is 2.05. The van der Waals surface area contributed by atoms with E-state index in [9.17, 15) is 5.11 Å². The van der Waals surface area contributed by atoms with Crippen molar-refractivity contribution in [1.82, 2.24) is 0 Å². The molecule has 0 bridgehead atoms. The van der Waals surface area contributed by atoms with Gasteiger partial charge in [-0.15, -0.1) is 11.3 Å². The lowest BCUT2D eigenvalue weighted by Crippen LogP contribution is -2.10. The second kappa shape index (κ2) is 6.98. The van der Waals surface area contributed by atoms with E-state index in [1.54, 1.807) is 11.3 Å². The molecule has 0 spiro atoms. The lowest BCUT2D eigenvalue weighted by molar-refractivity contribution is 0.114. The Balaban J connectivity index is 2.07. The predicted octanol–water partition coefficient (Wildman–Crippen LogP) is 2.47. The average Bonchev–Trinajstić information content (AvgIpc) is 2.65. The molecule has 0 fully saturated rings. The van der Waals surface area contributed by atoms with Gasteiger partial charge in [-0.05, 0) is 31.2 Å². The summed E-state index contributed by atoms with van der Waals surface area (Å²) in [5.74, 6) is 0. The molecule has 1 N–H and O–H groups in total. The minimum Gasteiger partial charge on any atom is -0.393 e. The van der Waals surface area contributed by atoms with Crippen molar-refractivity contribution >= 4 is 11.3 Å². The summed E-state index contributed by atoms with van der Waals surface area (Å²) in [6.45, 7) is 3.51. The molecule has 1 aromatic heterocycles. The Morgan fingerprint density at radius 2 is 2.43 bits per heavy atom. The first-order valence-corrected chi connectivity index (χ1v) is 5.99. The predicted molar refractivity (Wildman–Crippen MR) is 59.8 cm³/mol. The Bertz CT molecular complexity index is 221. The first-order valence-electron chi connectivity index (χ1n) is 5.11. The molecular weight excluding hydrogens is 196 g/mol. The Morgan fingerprint density at radius 3 is 3.07 bits per heavy atom. The summed E-state index contributed by atoms with van der Waals surface area (Å²) in [5, 5.41) is 11.7. The summed E-state index contributed by atoms with van der Waals surface area (Å²) in [6, 6.07) is 4.09. The molecule has 0 saturated heterocycles. The third-order valence-electron chi connectivity index (χ3n) is 2.05. The molecule has 1 heterocycles. The fourth-order valence-corrected chi connectivity index (χ4v) is 2.11. The van der Waals surface area contributed by atoms with Gasteiger partial charge in [-0.1, -0.05) is 6.07 Å². The fourth-order valence-electron chi connectivity index (χ4n) is 1.33. The SMILES string of the molecule is CCOCCCC(O)Cc1cccs1. The van der Waals surface area contributed by atoms with Crippen molar-refractivity contribution in [2.75, 3.05) is 13.2 Å². The van der Waals surface area contributed by atoms with Crippen LogP contribution in [0.5, 0.6) is 0 Å². The summed E-state index contributed by atoms with van der Waals surface area (Å²) in [4.78, 5) is 1.26. The van der Waals surface area contributed by atoms with Gasteiger partial charge in [0, 0.05) is 24.5 Å². The van der Waals surface area contributed by atoms with E-state index in [0.29, 0.717) is 0 Å². The van der Waals surface area contributed by atoms with Gasteiger partial charge >= 0.3 is 0 Å². The zero-order valence-corrected chi connectivity index (χ0v) is 9.43. The molecule has 2 nitrogen and oxygen atoms in total. The smallest absolute Gasteiger partial charge is 0.0589 e. The van der Waals surface area contributed by atoms with Crippen LogP contribution in [0.15, 0.2) is 17.5 Å². The van der Waals surface area contributed by atoms with Gasteiger partial charge in [0.2, 0.25) is 0 Å². The van der Waals surface area contributed by atoms with E-state index in [2.05, 4.69) is 6.07 Å². The van der Waals surface area contributed by atoms with E-state index in [0.717, 1.165) is 32.5 Å². The maximum atomic E-state index is 9.67. The van der Waals surface area contributed by atoms with E-state index in [4.69, 9.17) is 4.74 Å². The molecule has 0 saturated carbocycles.